The third-order valence-electron chi connectivity index (χ3n) is 4.59. The Hall–Kier alpha value is -4.20. The van der Waals surface area contributed by atoms with E-state index in [9.17, 15) is 14.0 Å². The zero-order valence-electron chi connectivity index (χ0n) is 16.4. The van der Waals surface area contributed by atoms with Gasteiger partial charge in [0.05, 0.1) is 30.0 Å². The molecule has 0 fully saturated rings. The van der Waals surface area contributed by atoms with Gasteiger partial charge < -0.3 is 5.32 Å². The van der Waals surface area contributed by atoms with Crippen molar-refractivity contribution in [1.82, 2.24) is 24.8 Å². The molecule has 8 heteroatoms. The molecule has 7 nitrogen and oxygen atoms in total. The quantitative estimate of drug-likeness (QED) is 0.523. The Labute approximate surface area is 177 Å². The lowest BCUT2D eigenvalue weighted by atomic mass is 10.1. The standard InChI is InChI=1S/C23H18FN5O2/c24-18-8-6-17(7-9-18)20-10-19(26-14-27-20)12-25-22(30)13-29-15-28-21(11-23(29)31)16-4-2-1-3-5-16/h1-11,14-15H,12-13H2,(H,25,30). The van der Waals surface area contributed by atoms with Gasteiger partial charge in [-0.05, 0) is 30.3 Å². The Morgan fingerprint density at radius 3 is 2.35 bits per heavy atom. The Kier molecular flexibility index (Phi) is 5.89. The van der Waals surface area contributed by atoms with Crippen LogP contribution in [0, 0.1) is 5.82 Å². The molecule has 1 amide bonds. The molecular weight excluding hydrogens is 397 g/mol. The molecule has 2 aromatic carbocycles. The van der Waals surface area contributed by atoms with E-state index in [1.807, 2.05) is 30.3 Å². The van der Waals surface area contributed by atoms with Crippen LogP contribution in [0.2, 0.25) is 0 Å². The lowest BCUT2D eigenvalue weighted by Crippen LogP contribution is -2.32. The molecule has 0 saturated carbocycles. The zero-order valence-corrected chi connectivity index (χ0v) is 16.4. The molecule has 2 aromatic heterocycles. The van der Waals surface area contributed by atoms with E-state index in [1.54, 1.807) is 18.2 Å². The van der Waals surface area contributed by atoms with Crippen LogP contribution in [0.25, 0.3) is 22.5 Å². The van der Waals surface area contributed by atoms with E-state index in [0.29, 0.717) is 17.1 Å². The van der Waals surface area contributed by atoms with E-state index in [4.69, 9.17) is 0 Å². The van der Waals surface area contributed by atoms with E-state index in [2.05, 4.69) is 20.3 Å². The molecule has 2 heterocycles. The van der Waals surface area contributed by atoms with E-state index < -0.39 is 0 Å². The summed E-state index contributed by atoms with van der Waals surface area (Å²) in [6.45, 7) is 0.0105. The lowest BCUT2D eigenvalue weighted by molar-refractivity contribution is -0.121. The Morgan fingerprint density at radius 1 is 0.903 bits per heavy atom. The van der Waals surface area contributed by atoms with Crippen molar-refractivity contribution in [3.05, 3.63) is 101 Å². The normalized spacial score (nSPS) is 10.6. The molecule has 0 aliphatic heterocycles. The Bertz CT molecular complexity index is 1260. The molecule has 31 heavy (non-hydrogen) atoms. The van der Waals surface area contributed by atoms with Gasteiger partial charge >= 0.3 is 0 Å². The number of nitrogens with one attached hydrogen (secondary N) is 1. The second kappa shape index (κ2) is 9.08. The number of hydrogen-bond acceptors (Lipinski definition) is 5. The number of nitrogens with zero attached hydrogens (tertiary/aromatic N) is 4. The third kappa shape index (κ3) is 5.05. The number of carbonyl (C=O) groups is 1. The topological polar surface area (TPSA) is 89.8 Å². The summed E-state index contributed by atoms with van der Waals surface area (Å²) >= 11 is 0. The summed E-state index contributed by atoms with van der Waals surface area (Å²) in [5, 5.41) is 2.73. The SMILES string of the molecule is O=C(Cn1cnc(-c2ccccc2)cc1=O)NCc1cc(-c2ccc(F)cc2)ncn1. The summed E-state index contributed by atoms with van der Waals surface area (Å²) in [4.78, 5) is 37.2. The molecular formula is C23H18FN5O2. The molecule has 0 unspecified atom stereocenters. The van der Waals surface area contributed by atoms with Crippen molar-refractivity contribution in [2.75, 3.05) is 0 Å². The van der Waals surface area contributed by atoms with Crippen molar-refractivity contribution < 1.29 is 9.18 Å². The summed E-state index contributed by atoms with van der Waals surface area (Å²) in [5.41, 5.74) is 3.02. The summed E-state index contributed by atoms with van der Waals surface area (Å²) in [5.74, 6) is -0.676. The second-order valence-electron chi connectivity index (χ2n) is 6.78. The number of amides is 1. The van der Waals surface area contributed by atoms with Gasteiger partial charge in [-0.1, -0.05) is 30.3 Å². The molecule has 1 N–H and O–H groups in total. The fourth-order valence-corrected chi connectivity index (χ4v) is 2.98. The monoisotopic (exact) mass is 415 g/mol. The van der Waals surface area contributed by atoms with Gasteiger partial charge in [-0.25, -0.2) is 19.3 Å². The highest BCUT2D eigenvalue weighted by Crippen LogP contribution is 2.17. The maximum Gasteiger partial charge on any atom is 0.254 e. The van der Waals surface area contributed by atoms with Crippen LogP contribution in [0.4, 0.5) is 4.39 Å². The first-order valence-corrected chi connectivity index (χ1v) is 9.54. The minimum atomic E-state index is -0.349. The van der Waals surface area contributed by atoms with Gasteiger partial charge in [0.25, 0.3) is 5.56 Å². The highest BCUT2D eigenvalue weighted by atomic mass is 19.1. The summed E-state index contributed by atoms with van der Waals surface area (Å²) in [6, 6.07) is 18.4. The highest BCUT2D eigenvalue weighted by Gasteiger charge is 2.08. The first kappa shape index (κ1) is 20.1. The highest BCUT2D eigenvalue weighted by molar-refractivity contribution is 5.75. The van der Waals surface area contributed by atoms with Crippen molar-refractivity contribution >= 4 is 5.91 Å². The average molecular weight is 415 g/mol. The van der Waals surface area contributed by atoms with Crippen molar-refractivity contribution in [1.29, 1.82) is 0 Å². The number of halogens is 1. The minimum Gasteiger partial charge on any atom is -0.349 e. The van der Waals surface area contributed by atoms with Gasteiger partial charge in [0.1, 0.15) is 18.7 Å². The molecule has 4 rings (SSSR count). The van der Waals surface area contributed by atoms with Gasteiger partial charge in [0.15, 0.2) is 0 Å². The van der Waals surface area contributed by atoms with E-state index >= 15 is 0 Å². The van der Waals surface area contributed by atoms with Crippen LogP contribution in [-0.2, 0) is 17.9 Å². The summed E-state index contributed by atoms with van der Waals surface area (Å²) in [6.07, 6.45) is 2.75. The largest absolute Gasteiger partial charge is 0.349 e. The number of hydrogen-bond donors (Lipinski definition) is 1. The predicted octanol–water partition coefficient (Wildman–Crippen LogP) is 2.82. The molecule has 154 valence electrons. The maximum atomic E-state index is 13.1. The summed E-state index contributed by atoms with van der Waals surface area (Å²) in [7, 11) is 0. The van der Waals surface area contributed by atoms with Gasteiger partial charge in [0.2, 0.25) is 5.91 Å². The van der Waals surface area contributed by atoms with Crippen LogP contribution in [0.5, 0.6) is 0 Å². The third-order valence-corrected chi connectivity index (χ3v) is 4.59. The average Bonchev–Trinajstić information content (AvgIpc) is 2.80. The summed E-state index contributed by atoms with van der Waals surface area (Å²) < 4.78 is 14.3. The molecule has 0 spiro atoms. The molecule has 4 aromatic rings. The smallest absolute Gasteiger partial charge is 0.254 e. The van der Waals surface area contributed by atoms with Crippen molar-refractivity contribution in [2.45, 2.75) is 13.1 Å². The van der Waals surface area contributed by atoms with E-state index in [-0.39, 0.29) is 30.4 Å². The molecule has 0 aliphatic rings. The van der Waals surface area contributed by atoms with Gasteiger partial charge in [0, 0.05) is 17.2 Å². The van der Waals surface area contributed by atoms with Crippen LogP contribution >= 0.6 is 0 Å². The molecule has 0 aliphatic carbocycles. The van der Waals surface area contributed by atoms with Gasteiger partial charge in [-0.3, -0.25) is 14.2 Å². The van der Waals surface area contributed by atoms with Crippen molar-refractivity contribution in [3.63, 3.8) is 0 Å². The Morgan fingerprint density at radius 2 is 1.61 bits per heavy atom. The van der Waals surface area contributed by atoms with E-state index in [0.717, 1.165) is 11.1 Å². The van der Waals surface area contributed by atoms with Crippen LogP contribution in [-0.4, -0.2) is 25.4 Å². The van der Waals surface area contributed by atoms with E-state index in [1.165, 1.54) is 35.4 Å². The number of rotatable bonds is 6. The minimum absolute atomic E-state index is 0.156. The first-order valence-electron chi connectivity index (χ1n) is 9.54. The predicted molar refractivity (Wildman–Crippen MR) is 113 cm³/mol. The fourth-order valence-electron chi connectivity index (χ4n) is 2.98. The van der Waals surface area contributed by atoms with Crippen molar-refractivity contribution in [3.8, 4) is 22.5 Å². The number of carbonyl (C=O) groups excluding carboxylic acids is 1. The van der Waals surface area contributed by atoms with Crippen molar-refractivity contribution in [2.24, 2.45) is 0 Å². The second-order valence-corrected chi connectivity index (χ2v) is 6.78. The molecule has 0 radical (unpaired) electrons. The van der Waals surface area contributed by atoms with Crippen LogP contribution in [0.15, 0.2) is 84.2 Å². The van der Waals surface area contributed by atoms with Crippen LogP contribution in [0.1, 0.15) is 5.69 Å². The maximum absolute atomic E-state index is 13.1. The van der Waals surface area contributed by atoms with Crippen LogP contribution in [0.3, 0.4) is 0 Å². The molecule has 0 bridgehead atoms. The first-order chi connectivity index (χ1) is 15.1. The number of aromatic nitrogens is 4. The Balaban J connectivity index is 1.39. The van der Waals surface area contributed by atoms with Crippen LogP contribution < -0.4 is 10.9 Å². The zero-order chi connectivity index (χ0) is 21.6. The lowest BCUT2D eigenvalue weighted by Gasteiger charge is -2.08. The number of benzene rings is 2. The van der Waals surface area contributed by atoms with Gasteiger partial charge in [-0.2, -0.15) is 0 Å². The molecule has 0 atom stereocenters. The van der Waals surface area contributed by atoms with Gasteiger partial charge in [-0.15, -0.1) is 0 Å². The molecule has 0 saturated heterocycles. The fraction of sp³-hybridized carbons (Fsp3) is 0.0870.